The summed E-state index contributed by atoms with van der Waals surface area (Å²) in [7, 11) is 0. The van der Waals surface area contributed by atoms with Crippen LogP contribution >= 0.6 is 0 Å². The summed E-state index contributed by atoms with van der Waals surface area (Å²) in [6.45, 7) is 2.27. The molecule has 0 radical (unpaired) electrons. The van der Waals surface area contributed by atoms with Crippen LogP contribution in [0.4, 0.5) is 0 Å². The molecule has 0 atom stereocenters. The molecule has 1 heterocycles. The molecule has 0 fully saturated rings. The van der Waals surface area contributed by atoms with Crippen molar-refractivity contribution in [3.05, 3.63) is 23.0 Å². The van der Waals surface area contributed by atoms with Crippen molar-refractivity contribution in [3.8, 4) is 0 Å². The lowest BCUT2D eigenvalue weighted by molar-refractivity contribution is 0.0525. The van der Waals surface area contributed by atoms with Gasteiger partial charge >= 0.3 is 5.97 Å². The highest BCUT2D eigenvalue weighted by Crippen LogP contribution is 2.24. The Morgan fingerprint density at radius 1 is 1.50 bits per heavy atom. The van der Waals surface area contributed by atoms with Crippen LogP contribution in [0.1, 0.15) is 41.4 Å². The summed E-state index contributed by atoms with van der Waals surface area (Å²) >= 11 is 0. The molecule has 1 aliphatic rings. The third-order valence-corrected chi connectivity index (χ3v) is 2.68. The molecular weight excluding hydrogens is 178 g/mol. The maximum absolute atomic E-state index is 11.5. The molecule has 76 valence electrons. The number of H-pyrrole nitrogens is 1. The molecular formula is C11H15NO2. The molecule has 1 aliphatic carbocycles. The first-order valence-electron chi connectivity index (χ1n) is 5.19. The Bertz CT molecular complexity index is 341. The first-order chi connectivity index (χ1) is 6.83. The predicted octanol–water partition coefficient (Wildman–Crippen LogP) is 2.07. The van der Waals surface area contributed by atoms with Crippen LogP contribution in [0.5, 0.6) is 0 Å². The number of aromatic nitrogens is 1. The number of fused-ring (bicyclic) bond motifs is 1. The fourth-order valence-electron chi connectivity index (χ4n) is 2.00. The zero-order valence-corrected chi connectivity index (χ0v) is 8.43. The Labute approximate surface area is 83.5 Å². The predicted molar refractivity (Wildman–Crippen MR) is 53.4 cm³/mol. The standard InChI is InChI=1S/C11H15NO2/c1-2-14-11(13)9-7-12-10-6-4-3-5-8(9)10/h7,12H,2-6H2,1H3. The van der Waals surface area contributed by atoms with E-state index < -0.39 is 0 Å². The van der Waals surface area contributed by atoms with E-state index in [1.807, 2.05) is 6.92 Å². The van der Waals surface area contributed by atoms with Gasteiger partial charge in [0.15, 0.2) is 0 Å². The lowest BCUT2D eigenvalue weighted by atomic mass is 9.95. The van der Waals surface area contributed by atoms with E-state index in [1.54, 1.807) is 6.20 Å². The fourth-order valence-corrected chi connectivity index (χ4v) is 2.00. The van der Waals surface area contributed by atoms with Crippen molar-refractivity contribution in [1.29, 1.82) is 0 Å². The highest BCUT2D eigenvalue weighted by molar-refractivity contribution is 5.91. The summed E-state index contributed by atoms with van der Waals surface area (Å²) in [6, 6.07) is 0. The summed E-state index contributed by atoms with van der Waals surface area (Å²) in [4.78, 5) is 14.7. The highest BCUT2D eigenvalue weighted by Gasteiger charge is 2.20. The van der Waals surface area contributed by atoms with Crippen LogP contribution in [0.2, 0.25) is 0 Å². The molecule has 0 bridgehead atoms. The molecule has 0 aromatic carbocycles. The zero-order valence-electron chi connectivity index (χ0n) is 8.43. The lowest BCUT2D eigenvalue weighted by Crippen LogP contribution is -2.09. The van der Waals surface area contributed by atoms with E-state index in [-0.39, 0.29) is 5.97 Å². The molecule has 0 saturated carbocycles. The Morgan fingerprint density at radius 3 is 3.07 bits per heavy atom. The molecule has 0 saturated heterocycles. The lowest BCUT2D eigenvalue weighted by Gasteiger charge is -2.11. The molecule has 0 aliphatic heterocycles. The van der Waals surface area contributed by atoms with Crippen LogP contribution < -0.4 is 0 Å². The topological polar surface area (TPSA) is 42.1 Å². The average Bonchev–Trinajstić information content (AvgIpc) is 2.61. The number of nitrogens with one attached hydrogen (secondary N) is 1. The van der Waals surface area contributed by atoms with Crippen LogP contribution in [-0.4, -0.2) is 17.6 Å². The normalized spacial score (nSPS) is 14.9. The Hall–Kier alpha value is -1.25. The van der Waals surface area contributed by atoms with E-state index in [4.69, 9.17) is 4.74 Å². The summed E-state index contributed by atoms with van der Waals surface area (Å²) in [5, 5.41) is 0. The number of esters is 1. The van der Waals surface area contributed by atoms with Crippen LogP contribution in [0, 0.1) is 0 Å². The number of ether oxygens (including phenoxy) is 1. The van der Waals surface area contributed by atoms with Gasteiger partial charge in [0.05, 0.1) is 12.2 Å². The number of aryl methyl sites for hydroxylation is 1. The number of aromatic amines is 1. The molecule has 0 spiro atoms. The van der Waals surface area contributed by atoms with Gasteiger partial charge < -0.3 is 9.72 Å². The first kappa shape index (κ1) is 9.31. The number of hydrogen-bond donors (Lipinski definition) is 1. The van der Waals surface area contributed by atoms with Crippen molar-refractivity contribution in [1.82, 2.24) is 4.98 Å². The first-order valence-corrected chi connectivity index (χ1v) is 5.19. The molecule has 3 heteroatoms. The van der Waals surface area contributed by atoms with E-state index >= 15 is 0 Å². The van der Waals surface area contributed by atoms with Gasteiger partial charge in [-0.05, 0) is 38.2 Å². The number of hydrogen-bond acceptors (Lipinski definition) is 2. The maximum Gasteiger partial charge on any atom is 0.339 e. The van der Waals surface area contributed by atoms with Crippen LogP contribution in [-0.2, 0) is 17.6 Å². The summed E-state index contributed by atoms with van der Waals surface area (Å²) in [5.41, 5.74) is 3.13. The third-order valence-electron chi connectivity index (χ3n) is 2.68. The molecule has 14 heavy (non-hydrogen) atoms. The van der Waals surface area contributed by atoms with Crippen LogP contribution in [0.25, 0.3) is 0 Å². The minimum absolute atomic E-state index is 0.188. The van der Waals surface area contributed by atoms with Gasteiger partial charge in [-0.1, -0.05) is 0 Å². The molecule has 0 unspecified atom stereocenters. The molecule has 0 amide bonds. The van der Waals surface area contributed by atoms with Gasteiger partial charge in [-0.3, -0.25) is 0 Å². The largest absolute Gasteiger partial charge is 0.462 e. The molecule has 1 N–H and O–H groups in total. The van der Waals surface area contributed by atoms with Gasteiger partial charge in [0.2, 0.25) is 0 Å². The van der Waals surface area contributed by atoms with Gasteiger partial charge in [0, 0.05) is 11.9 Å². The van der Waals surface area contributed by atoms with Crippen molar-refractivity contribution in [2.24, 2.45) is 0 Å². The van der Waals surface area contributed by atoms with Crippen molar-refractivity contribution in [2.45, 2.75) is 32.6 Å². The van der Waals surface area contributed by atoms with Crippen molar-refractivity contribution in [2.75, 3.05) is 6.61 Å². The minimum Gasteiger partial charge on any atom is -0.462 e. The number of rotatable bonds is 2. The second-order valence-corrected chi connectivity index (χ2v) is 3.59. The number of carbonyl (C=O) groups excluding carboxylic acids is 1. The molecule has 1 aromatic rings. The van der Waals surface area contributed by atoms with Crippen molar-refractivity contribution >= 4 is 5.97 Å². The molecule has 2 rings (SSSR count). The Morgan fingerprint density at radius 2 is 2.29 bits per heavy atom. The second-order valence-electron chi connectivity index (χ2n) is 3.59. The van der Waals surface area contributed by atoms with E-state index in [1.165, 1.54) is 24.1 Å². The van der Waals surface area contributed by atoms with E-state index in [9.17, 15) is 4.79 Å². The third kappa shape index (κ3) is 1.54. The quantitative estimate of drug-likeness (QED) is 0.730. The van der Waals surface area contributed by atoms with Gasteiger partial charge in [0.25, 0.3) is 0 Å². The van der Waals surface area contributed by atoms with Gasteiger partial charge in [-0.15, -0.1) is 0 Å². The van der Waals surface area contributed by atoms with Crippen LogP contribution in [0.3, 0.4) is 0 Å². The monoisotopic (exact) mass is 193 g/mol. The van der Waals surface area contributed by atoms with Gasteiger partial charge in [-0.2, -0.15) is 0 Å². The van der Waals surface area contributed by atoms with Gasteiger partial charge in [-0.25, -0.2) is 4.79 Å². The Kier molecular flexibility index (Phi) is 2.57. The van der Waals surface area contributed by atoms with Crippen molar-refractivity contribution < 1.29 is 9.53 Å². The number of carbonyl (C=O) groups is 1. The smallest absolute Gasteiger partial charge is 0.339 e. The van der Waals surface area contributed by atoms with E-state index in [2.05, 4.69) is 4.98 Å². The average molecular weight is 193 g/mol. The van der Waals surface area contributed by atoms with E-state index in [0.717, 1.165) is 18.4 Å². The summed E-state index contributed by atoms with van der Waals surface area (Å²) in [6.07, 6.45) is 6.25. The van der Waals surface area contributed by atoms with Crippen molar-refractivity contribution in [3.63, 3.8) is 0 Å². The highest BCUT2D eigenvalue weighted by atomic mass is 16.5. The fraction of sp³-hybridized carbons (Fsp3) is 0.545. The SMILES string of the molecule is CCOC(=O)c1c[nH]c2c1CCCC2. The summed E-state index contributed by atoms with van der Waals surface area (Å²) < 4.78 is 4.99. The molecule has 3 nitrogen and oxygen atoms in total. The minimum atomic E-state index is -0.188. The zero-order chi connectivity index (χ0) is 9.97. The van der Waals surface area contributed by atoms with Gasteiger partial charge in [0.1, 0.15) is 0 Å². The maximum atomic E-state index is 11.5. The summed E-state index contributed by atoms with van der Waals surface area (Å²) in [5.74, 6) is -0.188. The van der Waals surface area contributed by atoms with E-state index in [0.29, 0.717) is 6.61 Å². The second kappa shape index (κ2) is 3.86. The molecule has 1 aromatic heterocycles. The Balaban J connectivity index is 2.25. The van der Waals surface area contributed by atoms with Crippen LogP contribution in [0.15, 0.2) is 6.20 Å².